The van der Waals surface area contributed by atoms with Gasteiger partial charge in [-0.25, -0.2) is 0 Å². The van der Waals surface area contributed by atoms with E-state index in [0.29, 0.717) is 27.8 Å². The first-order valence-electron chi connectivity index (χ1n) is 6.55. The number of nitrogens with zero attached hydrogens (tertiary/aromatic N) is 1. The maximum atomic E-state index is 9.99. The van der Waals surface area contributed by atoms with Crippen molar-refractivity contribution in [3.8, 4) is 34.3 Å². The van der Waals surface area contributed by atoms with Gasteiger partial charge in [-0.15, -0.1) is 0 Å². The lowest BCUT2D eigenvalue weighted by atomic mass is 10.1. The Labute approximate surface area is 131 Å². The highest BCUT2D eigenvalue weighted by molar-refractivity contribution is 6.30. The highest BCUT2D eigenvalue weighted by Crippen LogP contribution is 2.39. The molecule has 6 heteroatoms. The molecular formula is C16H13ClN2O3. The molecule has 0 aliphatic heterocycles. The van der Waals surface area contributed by atoms with Crippen LogP contribution in [0.15, 0.2) is 42.5 Å². The van der Waals surface area contributed by atoms with E-state index in [9.17, 15) is 10.2 Å². The normalized spacial score (nSPS) is 10.6. The highest BCUT2D eigenvalue weighted by atomic mass is 35.5. The fourth-order valence-electron chi connectivity index (χ4n) is 2.07. The molecule has 0 atom stereocenters. The van der Waals surface area contributed by atoms with Crippen LogP contribution >= 0.6 is 11.6 Å². The lowest BCUT2D eigenvalue weighted by Crippen LogP contribution is -1.88. The predicted molar refractivity (Wildman–Crippen MR) is 83.6 cm³/mol. The van der Waals surface area contributed by atoms with Gasteiger partial charge in [0.1, 0.15) is 22.9 Å². The molecule has 112 valence electrons. The number of phenols is 2. The van der Waals surface area contributed by atoms with Crippen molar-refractivity contribution in [3.63, 3.8) is 0 Å². The van der Waals surface area contributed by atoms with Crippen molar-refractivity contribution in [1.29, 1.82) is 0 Å². The van der Waals surface area contributed by atoms with E-state index in [2.05, 4.69) is 10.2 Å². The molecule has 22 heavy (non-hydrogen) atoms. The Bertz CT molecular complexity index is 813. The second-order valence-corrected chi connectivity index (χ2v) is 5.22. The molecule has 0 bridgehead atoms. The van der Waals surface area contributed by atoms with Crippen LogP contribution in [0.3, 0.4) is 0 Å². The van der Waals surface area contributed by atoms with Crippen molar-refractivity contribution in [2.45, 2.75) is 6.92 Å². The third-order valence-electron chi connectivity index (χ3n) is 3.16. The smallest absolute Gasteiger partial charge is 0.176 e. The van der Waals surface area contributed by atoms with Gasteiger partial charge in [0.25, 0.3) is 0 Å². The second kappa shape index (κ2) is 5.61. The number of hydrogen-bond donors (Lipinski definition) is 3. The molecule has 0 aliphatic carbocycles. The molecule has 3 N–H and O–H groups in total. The van der Waals surface area contributed by atoms with Crippen molar-refractivity contribution in [3.05, 3.63) is 53.2 Å². The Balaban J connectivity index is 2.02. The Morgan fingerprint density at radius 2 is 1.82 bits per heavy atom. The van der Waals surface area contributed by atoms with Crippen LogP contribution in [0, 0.1) is 6.92 Å². The lowest BCUT2D eigenvalue weighted by Gasteiger charge is -2.08. The number of rotatable bonds is 3. The molecule has 3 aromatic rings. The average Bonchev–Trinajstić information content (AvgIpc) is 2.83. The maximum Gasteiger partial charge on any atom is 0.176 e. The molecule has 0 fully saturated rings. The first-order valence-corrected chi connectivity index (χ1v) is 6.93. The fraction of sp³-hybridized carbons (Fsp3) is 0.0625. The standard InChI is InChI=1S/C16H13ClN2O3/c1-9-16(22-12-5-2-10(17)3-6-12)15(19-18-9)13-7-4-11(20)8-14(13)21/h2-8,20-21H,1H3,(H,18,19). The van der Waals surface area contributed by atoms with E-state index in [4.69, 9.17) is 16.3 Å². The molecule has 0 saturated heterocycles. The molecule has 1 aromatic heterocycles. The van der Waals surface area contributed by atoms with E-state index in [1.165, 1.54) is 12.1 Å². The summed E-state index contributed by atoms with van der Waals surface area (Å²) in [5.41, 5.74) is 1.65. The van der Waals surface area contributed by atoms with Crippen LogP contribution in [0.2, 0.25) is 5.02 Å². The molecule has 0 aliphatic rings. The molecule has 1 heterocycles. The second-order valence-electron chi connectivity index (χ2n) is 4.78. The van der Waals surface area contributed by atoms with Crippen LogP contribution in [-0.4, -0.2) is 20.4 Å². The third kappa shape index (κ3) is 2.71. The van der Waals surface area contributed by atoms with Gasteiger partial charge in [0.2, 0.25) is 0 Å². The molecule has 0 amide bonds. The van der Waals surface area contributed by atoms with Gasteiger partial charge in [-0.3, -0.25) is 5.10 Å². The van der Waals surface area contributed by atoms with E-state index >= 15 is 0 Å². The number of halogens is 1. The fourth-order valence-corrected chi connectivity index (χ4v) is 2.19. The van der Waals surface area contributed by atoms with Gasteiger partial charge in [0.15, 0.2) is 5.75 Å². The van der Waals surface area contributed by atoms with Crippen LogP contribution in [0.5, 0.6) is 23.0 Å². The summed E-state index contributed by atoms with van der Waals surface area (Å²) in [6.45, 7) is 1.82. The molecular weight excluding hydrogens is 304 g/mol. The van der Waals surface area contributed by atoms with Gasteiger partial charge in [-0.1, -0.05) is 11.6 Å². The Kier molecular flexibility index (Phi) is 3.65. The first-order chi connectivity index (χ1) is 10.5. The number of aromatic nitrogens is 2. The van der Waals surface area contributed by atoms with Crippen LogP contribution < -0.4 is 4.74 Å². The van der Waals surface area contributed by atoms with E-state index in [1.54, 1.807) is 30.3 Å². The van der Waals surface area contributed by atoms with Crippen molar-refractivity contribution in [2.75, 3.05) is 0 Å². The largest absolute Gasteiger partial charge is 0.508 e. The summed E-state index contributed by atoms with van der Waals surface area (Å²) in [4.78, 5) is 0. The number of aryl methyl sites for hydroxylation is 1. The van der Waals surface area contributed by atoms with E-state index < -0.39 is 0 Å². The highest BCUT2D eigenvalue weighted by Gasteiger charge is 2.18. The van der Waals surface area contributed by atoms with Crippen LogP contribution in [0.4, 0.5) is 0 Å². The number of aromatic amines is 1. The van der Waals surface area contributed by atoms with E-state index in [-0.39, 0.29) is 11.5 Å². The number of ether oxygens (including phenoxy) is 1. The summed E-state index contributed by atoms with van der Waals surface area (Å²) in [5.74, 6) is 1.01. The van der Waals surface area contributed by atoms with Crippen molar-refractivity contribution in [2.24, 2.45) is 0 Å². The van der Waals surface area contributed by atoms with Gasteiger partial charge >= 0.3 is 0 Å². The zero-order valence-corrected chi connectivity index (χ0v) is 12.4. The van der Waals surface area contributed by atoms with E-state index in [1.807, 2.05) is 6.92 Å². The van der Waals surface area contributed by atoms with Gasteiger partial charge in [-0.2, -0.15) is 5.10 Å². The minimum Gasteiger partial charge on any atom is -0.508 e. The molecule has 0 unspecified atom stereocenters. The minimum absolute atomic E-state index is 0.0197. The summed E-state index contributed by atoms with van der Waals surface area (Å²) in [5, 5.41) is 27.0. The SMILES string of the molecule is Cc1[nH]nc(-c2ccc(O)cc2O)c1Oc1ccc(Cl)cc1. The number of hydrogen-bond acceptors (Lipinski definition) is 4. The number of H-pyrrole nitrogens is 1. The molecule has 0 radical (unpaired) electrons. The lowest BCUT2D eigenvalue weighted by molar-refractivity contribution is 0.450. The zero-order chi connectivity index (χ0) is 15.7. The van der Waals surface area contributed by atoms with Crippen LogP contribution in [0.25, 0.3) is 11.3 Å². The van der Waals surface area contributed by atoms with Crippen molar-refractivity contribution >= 4 is 11.6 Å². The van der Waals surface area contributed by atoms with Gasteiger partial charge in [0.05, 0.1) is 5.69 Å². The Hall–Kier alpha value is -2.66. The topological polar surface area (TPSA) is 78.4 Å². The Morgan fingerprint density at radius 3 is 2.50 bits per heavy atom. The van der Waals surface area contributed by atoms with Crippen molar-refractivity contribution < 1.29 is 14.9 Å². The summed E-state index contributed by atoms with van der Waals surface area (Å²) in [6, 6.07) is 11.3. The van der Waals surface area contributed by atoms with E-state index in [0.717, 1.165) is 5.69 Å². The summed E-state index contributed by atoms with van der Waals surface area (Å²) >= 11 is 5.86. The van der Waals surface area contributed by atoms with Gasteiger partial charge < -0.3 is 14.9 Å². The molecule has 0 saturated carbocycles. The van der Waals surface area contributed by atoms with Crippen LogP contribution in [-0.2, 0) is 0 Å². The zero-order valence-electron chi connectivity index (χ0n) is 11.7. The Morgan fingerprint density at radius 1 is 1.09 bits per heavy atom. The predicted octanol–water partition coefficient (Wildman–Crippen LogP) is 4.24. The quantitative estimate of drug-likeness (QED) is 0.675. The summed E-state index contributed by atoms with van der Waals surface area (Å²) in [7, 11) is 0. The van der Waals surface area contributed by atoms with Crippen molar-refractivity contribution in [1.82, 2.24) is 10.2 Å². The summed E-state index contributed by atoms with van der Waals surface area (Å²) in [6.07, 6.45) is 0. The molecule has 5 nitrogen and oxygen atoms in total. The number of nitrogens with one attached hydrogen (secondary N) is 1. The minimum atomic E-state index is -0.0764. The summed E-state index contributed by atoms with van der Waals surface area (Å²) < 4.78 is 5.85. The first kappa shape index (κ1) is 14.3. The maximum absolute atomic E-state index is 9.99. The van der Waals surface area contributed by atoms with Crippen LogP contribution in [0.1, 0.15) is 5.69 Å². The average molecular weight is 317 g/mol. The molecule has 3 rings (SSSR count). The number of aromatic hydroxyl groups is 2. The molecule has 0 spiro atoms. The van der Waals surface area contributed by atoms with Gasteiger partial charge in [0, 0.05) is 16.7 Å². The molecule has 2 aromatic carbocycles. The monoisotopic (exact) mass is 316 g/mol. The third-order valence-corrected chi connectivity index (χ3v) is 3.41. The number of benzene rings is 2. The van der Waals surface area contributed by atoms with Gasteiger partial charge in [-0.05, 0) is 43.3 Å². The number of phenolic OH excluding ortho intramolecular Hbond substituents is 2.